The maximum Gasteiger partial charge on any atom is 0.329 e. The number of nitrogens with one attached hydrogen (secondary N) is 1. The summed E-state index contributed by atoms with van der Waals surface area (Å²) in [5, 5.41) is 13.3. The van der Waals surface area contributed by atoms with Crippen molar-refractivity contribution in [1.82, 2.24) is 10.3 Å². The van der Waals surface area contributed by atoms with Crippen molar-refractivity contribution in [1.29, 1.82) is 0 Å². The van der Waals surface area contributed by atoms with Gasteiger partial charge in [0.05, 0.1) is 13.3 Å². The number of phenolic OH excluding ortho intramolecular Hbond substituents is 1. The summed E-state index contributed by atoms with van der Waals surface area (Å²) in [6, 6.07) is 4.65. The molecule has 0 radical (unpaired) electrons. The first-order chi connectivity index (χ1) is 11.1. The lowest BCUT2D eigenvalue weighted by molar-refractivity contribution is -0.145. The molecule has 1 aliphatic rings. The van der Waals surface area contributed by atoms with Gasteiger partial charge in [0.25, 0.3) is 0 Å². The topological polar surface area (TPSA) is 91.2 Å². The number of aromatic hydroxyl groups is 1. The number of ether oxygens (including phenoxy) is 1. The van der Waals surface area contributed by atoms with Crippen LogP contribution in [0.1, 0.15) is 31.2 Å². The smallest absolute Gasteiger partial charge is 0.329 e. The van der Waals surface area contributed by atoms with E-state index >= 15 is 0 Å². The third kappa shape index (κ3) is 4.70. The van der Waals surface area contributed by atoms with E-state index in [0.717, 1.165) is 25.7 Å². The zero-order chi connectivity index (χ0) is 16.7. The van der Waals surface area contributed by atoms with Crippen molar-refractivity contribution in [3.63, 3.8) is 0 Å². The van der Waals surface area contributed by atoms with Crippen LogP contribution in [0.5, 0.6) is 11.5 Å². The number of rotatable bonds is 3. The molecule has 1 heterocycles. The minimum Gasteiger partial charge on any atom is -0.504 e. The van der Waals surface area contributed by atoms with E-state index < -0.39 is 11.8 Å². The van der Waals surface area contributed by atoms with E-state index in [0.29, 0.717) is 24.4 Å². The van der Waals surface area contributed by atoms with Crippen molar-refractivity contribution in [3.8, 4) is 11.5 Å². The molecule has 23 heavy (non-hydrogen) atoms. The van der Waals surface area contributed by atoms with Gasteiger partial charge >= 0.3 is 11.8 Å². The zero-order valence-corrected chi connectivity index (χ0v) is 13.1. The van der Waals surface area contributed by atoms with E-state index in [1.54, 1.807) is 17.0 Å². The fraction of sp³-hybridized carbons (Fsp3) is 0.438. The molecule has 2 N–H and O–H groups in total. The van der Waals surface area contributed by atoms with E-state index in [-0.39, 0.29) is 5.75 Å². The van der Waals surface area contributed by atoms with E-state index in [2.05, 4.69) is 10.5 Å². The van der Waals surface area contributed by atoms with E-state index in [1.807, 2.05) is 0 Å². The number of benzene rings is 1. The molecule has 124 valence electrons. The van der Waals surface area contributed by atoms with Gasteiger partial charge in [0.2, 0.25) is 0 Å². The largest absolute Gasteiger partial charge is 0.504 e. The molecule has 7 heteroatoms. The molecule has 2 amide bonds. The lowest BCUT2D eigenvalue weighted by atomic mass is 10.2. The molecule has 0 aliphatic carbocycles. The molecular formula is C16H21N3O4. The van der Waals surface area contributed by atoms with Gasteiger partial charge in [-0.15, -0.1) is 0 Å². The molecule has 7 nitrogen and oxygen atoms in total. The summed E-state index contributed by atoms with van der Waals surface area (Å²) >= 11 is 0. The summed E-state index contributed by atoms with van der Waals surface area (Å²) in [6.45, 7) is 1.23. The van der Waals surface area contributed by atoms with Crippen molar-refractivity contribution < 1.29 is 19.4 Å². The highest BCUT2D eigenvalue weighted by Gasteiger charge is 2.22. The van der Waals surface area contributed by atoms with Gasteiger partial charge in [0.1, 0.15) is 0 Å². The highest BCUT2D eigenvalue weighted by atomic mass is 16.5. The molecule has 1 aliphatic heterocycles. The zero-order valence-electron chi connectivity index (χ0n) is 13.1. The number of phenols is 1. The number of methoxy groups -OCH3 is 1. The number of hydrogen-bond acceptors (Lipinski definition) is 5. The average molecular weight is 319 g/mol. The van der Waals surface area contributed by atoms with Gasteiger partial charge in [-0.3, -0.25) is 9.59 Å². The molecule has 1 aromatic rings. The maximum absolute atomic E-state index is 12.0. The Morgan fingerprint density at radius 3 is 2.61 bits per heavy atom. The molecule has 0 spiro atoms. The van der Waals surface area contributed by atoms with E-state index in [4.69, 9.17) is 4.74 Å². The summed E-state index contributed by atoms with van der Waals surface area (Å²) in [4.78, 5) is 25.4. The predicted molar refractivity (Wildman–Crippen MR) is 85.4 cm³/mol. The SMILES string of the molecule is COc1cc(C=NNC(=O)C(=O)N2CCCCCC2)ccc1O. The van der Waals surface area contributed by atoms with Crippen molar-refractivity contribution >= 4 is 18.0 Å². The van der Waals surface area contributed by atoms with Crippen LogP contribution in [0.4, 0.5) is 0 Å². The molecule has 0 aromatic heterocycles. The number of nitrogens with zero attached hydrogens (tertiary/aromatic N) is 2. The molecule has 2 rings (SSSR count). The molecular weight excluding hydrogens is 298 g/mol. The van der Waals surface area contributed by atoms with Gasteiger partial charge < -0.3 is 14.7 Å². The Labute approximate surface area is 134 Å². The quantitative estimate of drug-likeness (QED) is 0.498. The van der Waals surface area contributed by atoms with Crippen molar-refractivity contribution in [3.05, 3.63) is 23.8 Å². The van der Waals surface area contributed by atoms with Crippen LogP contribution in [0.15, 0.2) is 23.3 Å². The maximum atomic E-state index is 12.0. The highest BCUT2D eigenvalue weighted by Crippen LogP contribution is 2.25. The minimum atomic E-state index is -0.742. The standard InChI is InChI=1S/C16H21N3O4/c1-23-14-10-12(6-7-13(14)20)11-17-18-15(21)16(22)19-8-4-2-3-5-9-19/h6-7,10-11,20H,2-5,8-9H2,1H3,(H,18,21). The average Bonchev–Trinajstić information content (AvgIpc) is 2.84. The van der Waals surface area contributed by atoms with Crippen LogP contribution in [0, 0.1) is 0 Å². The van der Waals surface area contributed by atoms with Gasteiger partial charge in [-0.1, -0.05) is 12.8 Å². The number of likely N-dealkylation sites (tertiary alicyclic amines) is 1. The van der Waals surface area contributed by atoms with Gasteiger partial charge in [0, 0.05) is 13.1 Å². The monoisotopic (exact) mass is 319 g/mol. The lowest BCUT2D eigenvalue weighted by Gasteiger charge is -2.18. The fourth-order valence-corrected chi connectivity index (χ4v) is 2.41. The molecule has 1 aromatic carbocycles. The molecule has 0 atom stereocenters. The van der Waals surface area contributed by atoms with Crippen LogP contribution in [-0.2, 0) is 9.59 Å². The second-order valence-electron chi connectivity index (χ2n) is 5.34. The summed E-state index contributed by atoms with van der Waals surface area (Å²) in [5.74, 6) is -0.966. The number of amides is 2. The number of carbonyl (C=O) groups is 2. The van der Waals surface area contributed by atoms with Crippen molar-refractivity contribution in [2.75, 3.05) is 20.2 Å². The number of carbonyl (C=O) groups excluding carboxylic acids is 2. The van der Waals surface area contributed by atoms with Crippen LogP contribution >= 0.6 is 0 Å². The van der Waals surface area contributed by atoms with Crippen LogP contribution in [0.2, 0.25) is 0 Å². The van der Waals surface area contributed by atoms with Gasteiger partial charge in [-0.05, 0) is 36.6 Å². The number of hydrazone groups is 1. The fourth-order valence-electron chi connectivity index (χ4n) is 2.41. The third-order valence-electron chi connectivity index (χ3n) is 3.67. The summed E-state index contributed by atoms with van der Waals surface area (Å²) in [6.07, 6.45) is 5.42. The lowest BCUT2D eigenvalue weighted by Crippen LogP contribution is -2.41. The Hall–Kier alpha value is -2.57. The van der Waals surface area contributed by atoms with Crippen LogP contribution < -0.4 is 10.2 Å². The van der Waals surface area contributed by atoms with Gasteiger partial charge in [-0.2, -0.15) is 5.10 Å². The highest BCUT2D eigenvalue weighted by molar-refractivity contribution is 6.35. The third-order valence-corrected chi connectivity index (χ3v) is 3.67. The molecule has 0 saturated carbocycles. The Morgan fingerprint density at radius 1 is 1.26 bits per heavy atom. The molecule has 1 saturated heterocycles. The molecule has 0 unspecified atom stereocenters. The first-order valence-electron chi connectivity index (χ1n) is 7.61. The summed E-state index contributed by atoms with van der Waals surface area (Å²) in [5.41, 5.74) is 2.86. The Morgan fingerprint density at radius 2 is 1.96 bits per heavy atom. The van der Waals surface area contributed by atoms with E-state index in [9.17, 15) is 14.7 Å². The first-order valence-corrected chi connectivity index (χ1v) is 7.61. The second-order valence-corrected chi connectivity index (χ2v) is 5.34. The summed E-state index contributed by atoms with van der Waals surface area (Å²) < 4.78 is 4.98. The Balaban J connectivity index is 1.91. The first kappa shape index (κ1) is 16.8. The van der Waals surface area contributed by atoms with E-state index in [1.165, 1.54) is 19.4 Å². The van der Waals surface area contributed by atoms with Crippen molar-refractivity contribution in [2.45, 2.75) is 25.7 Å². The minimum absolute atomic E-state index is 0.0185. The number of hydrogen-bond donors (Lipinski definition) is 2. The van der Waals surface area contributed by atoms with Crippen LogP contribution in [0.25, 0.3) is 0 Å². The predicted octanol–water partition coefficient (Wildman–Crippen LogP) is 1.25. The summed E-state index contributed by atoms with van der Waals surface area (Å²) in [7, 11) is 1.44. The molecule has 0 bridgehead atoms. The van der Waals surface area contributed by atoms with Gasteiger partial charge in [-0.25, -0.2) is 5.43 Å². The Kier molecular flexibility index (Phi) is 5.96. The Bertz CT molecular complexity index is 593. The van der Waals surface area contributed by atoms with Crippen LogP contribution in [-0.4, -0.2) is 48.2 Å². The normalized spacial score (nSPS) is 15.3. The second kappa shape index (κ2) is 8.17. The molecule has 1 fully saturated rings. The van der Waals surface area contributed by atoms with Gasteiger partial charge in [0.15, 0.2) is 11.5 Å². The van der Waals surface area contributed by atoms with Crippen molar-refractivity contribution in [2.24, 2.45) is 5.10 Å². The van der Waals surface area contributed by atoms with Crippen LogP contribution in [0.3, 0.4) is 0 Å².